The molecule has 0 saturated heterocycles. The molecule has 1 aliphatic heterocycles. The van der Waals surface area contributed by atoms with Crippen LogP contribution in [0.3, 0.4) is 0 Å². The van der Waals surface area contributed by atoms with Crippen molar-refractivity contribution in [2.45, 2.75) is 18.7 Å². The minimum Gasteiger partial charge on any atom is -0.481 e. The van der Waals surface area contributed by atoms with Crippen molar-refractivity contribution < 1.29 is 19.1 Å². The van der Waals surface area contributed by atoms with Gasteiger partial charge < -0.3 is 14.4 Å². The van der Waals surface area contributed by atoms with Crippen molar-refractivity contribution in [3.63, 3.8) is 0 Å². The van der Waals surface area contributed by atoms with Gasteiger partial charge in [-0.15, -0.1) is 0 Å². The van der Waals surface area contributed by atoms with E-state index in [0.29, 0.717) is 10.8 Å². The van der Waals surface area contributed by atoms with E-state index in [1.807, 2.05) is 62.4 Å². The molecule has 148 valence electrons. The molecule has 0 fully saturated rings. The predicted octanol–water partition coefficient (Wildman–Crippen LogP) is 3.77. The summed E-state index contributed by atoms with van der Waals surface area (Å²) < 4.78 is 10.6. The van der Waals surface area contributed by atoms with Crippen molar-refractivity contribution in [3.8, 4) is 11.8 Å². The number of fused-ring (bicyclic) bond motifs is 1. The lowest BCUT2D eigenvalue weighted by atomic mass is 10.1. The third-order valence-electron chi connectivity index (χ3n) is 4.45. The molecule has 0 spiro atoms. The van der Waals surface area contributed by atoms with Gasteiger partial charge in [-0.3, -0.25) is 4.79 Å². The fourth-order valence-corrected chi connectivity index (χ4v) is 4.13. The SMILES string of the molecule is Cc1cccc(C)c1OCC(=O)OCC(=O)/C(C#N)=C1\Sc2ccccc2N1C. The van der Waals surface area contributed by atoms with Gasteiger partial charge in [0.2, 0.25) is 5.78 Å². The van der Waals surface area contributed by atoms with E-state index in [9.17, 15) is 14.9 Å². The van der Waals surface area contributed by atoms with Gasteiger partial charge in [-0.1, -0.05) is 42.1 Å². The first-order valence-electron chi connectivity index (χ1n) is 8.95. The number of ether oxygens (including phenoxy) is 2. The van der Waals surface area contributed by atoms with E-state index in [0.717, 1.165) is 21.7 Å². The van der Waals surface area contributed by atoms with Gasteiger partial charge in [0, 0.05) is 11.9 Å². The number of rotatable bonds is 6. The number of carbonyl (C=O) groups is 2. The molecule has 6 nitrogen and oxygen atoms in total. The number of hydrogen-bond donors (Lipinski definition) is 0. The van der Waals surface area contributed by atoms with Crippen molar-refractivity contribution in [1.82, 2.24) is 0 Å². The lowest BCUT2D eigenvalue weighted by Gasteiger charge is -2.15. The Bertz CT molecular complexity index is 1020. The summed E-state index contributed by atoms with van der Waals surface area (Å²) in [6.07, 6.45) is 0. The van der Waals surface area contributed by atoms with Gasteiger partial charge >= 0.3 is 5.97 Å². The largest absolute Gasteiger partial charge is 0.481 e. The van der Waals surface area contributed by atoms with E-state index in [4.69, 9.17) is 9.47 Å². The third kappa shape index (κ3) is 4.44. The second-order valence-corrected chi connectivity index (χ2v) is 7.54. The smallest absolute Gasteiger partial charge is 0.344 e. The van der Waals surface area contributed by atoms with Gasteiger partial charge in [-0.05, 0) is 37.1 Å². The summed E-state index contributed by atoms with van der Waals surface area (Å²) >= 11 is 1.35. The zero-order valence-electron chi connectivity index (χ0n) is 16.4. The highest BCUT2D eigenvalue weighted by atomic mass is 32.2. The van der Waals surface area contributed by atoms with Crippen LogP contribution < -0.4 is 9.64 Å². The summed E-state index contributed by atoms with van der Waals surface area (Å²) in [4.78, 5) is 27.3. The molecule has 0 aromatic heterocycles. The van der Waals surface area contributed by atoms with Crippen LogP contribution in [0.15, 0.2) is 58.0 Å². The van der Waals surface area contributed by atoms with Crippen LogP contribution in [-0.2, 0) is 14.3 Å². The molecule has 1 heterocycles. The maximum atomic E-state index is 12.5. The van der Waals surface area contributed by atoms with E-state index < -0.39 is 18.4 Å². The molecular weight excluding hydrogens is 388 g/mol. The van der Waals surface area contributed by atoms with E-state index in [1.165, 1.54) is 11.8 Å². The Morgan fingerprint density at radius 3 is 2.41 bits per heavy atom. The van der Waals surface area contributed by atoms with Crippen LogP contribution in [0.4, 0.5) is 5.69 Å². The Balaban J connectivity index is 1.61. The molecule has 0 bridgehead atoms. The number of carbonyl (C=O) groups excluding carboxylic acids is 2. The zero-order valence-corrected chi connectivity index (χ0v) is 17.2. The minimum atomic E-state index is -0.668. The lowest BCUT2D eigenvalue weighted by molar-refractivity contribution is -0.149. The summed E-state index contributed by atoms with van der Waals surface area (Å²) in [6.45, 7) is 2.95. The summed E-state index contributed by atoms with van der Waals surface area (Å²) in [5.74, 6) is -0.591. The van der Waals surface area contributed by atoms with Crippen LogP contribution >= 0.6 is 11.8 Å². The number of Topliss-reactive ketones (excluding diaryl/α,β-unsaturated/α-hetero) is 1. The summed E-state index contributed by atoms with van der Waals surface area (Å²) in [5.41, 5.74) is 2.71. The standard InChI is InChI=1S/C22H20N2O4S/c1-14-7-6-8-15(2)21(14)28-13-20(26)27-12-18(25)16(11-23)22-24(3)17-9-4-5-10-19(17)29-22/h4-10H,12-13H2,1-3H3/b22-16-. The van der Waals surface area contributed by atoms with Gasteiger partial charge in [0.15, 0.2) is 13.2 Å². The Kier molecular flexibility index (Phi) is 6.25. The molecule has 0 atom stereocenters. The number of benzene rings is 2. The Morgan fingerprint density at radius 1 is 1.07 bits per heavy atom. The second-order valence-electron chi connectivity index (χ2n) is 6.51. The quantitative estimate of drug-likeness (QED) is 0.409. The molecule has 2 aromatic carbocycles. The first-order valence-corrected chi connectivity index (χ1v) is 9.77. The van der Waals surface area contributed by atoms with Gasteiger partial charge in [0.25, 0.3) is 0 Å². The molecule has 1 aliphatic rings. The third-order valence-corrected chi connectivity index (χ3v) is 5.69. The highest BCUT2D eigenvalue weighted by Crippen LogP contribution is 2.46. The average molecular weight is 408 g/mol. The molecule has 0 N–H and O–H groups in total. The van der Waals surface area contributed by atoms with Gasteiger partial charge in [0.1, 0.15) is 22.4 Å². The average Bonchev–Trinajstić information content (AvgIpc) is 3.03. The van der Waals surface area contributed by atoms with E-state index >= 15 is 0 Å². The second kappa shape index (κ2) is 8.84. The van der Waals surface area contributed by atoms with E-state index in [2.05, 4.69) is 0 Å². The van der Waals surface area contributed by atoms with Crippen molar-refractivity contribution in [2.24, 2.45) is 0 Å². The normalized spacial score (nSPS) is 14.1. The number of aryl methyl sites for hydroxylation is 2. The number of nitrogens with zero attached hydrogens (tertiary/aromatic N) is 2. The number of nitriles is 1. The first kappa shape index (κ1) is 20.5. The van der Waals surface area contributed by atoms with Gasteiger partial charge in [-0.2, -0.15) is 5.26 Å². The zero-order chi connectivity index (χ0) is 21.0. The molecule has 2 aromatic rings. The van der Waals surface area contributed by atoms with Crippen molar-refractivity contribution in [2.75, 3.05) is 25.2 Å². The summed E-state index contributed by atoms with van der Waals surface area (Å²) in [5, 5.41) is 10.0. The van der Waals surface area contributed by atoms with Gasteiger partial charge in [0.05, 0.1) is 5.69 Å². The van der Waals surface area contributed by atoms with Crippen molar-refractivity contribution >= 4 is 29.2 Å². The predicted molar refractivity (Wildman–Crippen MR) is 111 cm³/mol. The topological polar surface area (TPSA) is 79.6 Å². The van der Waals surface area contributed by atoms with Crippen LogP contribution in [0.2, 0.25) is 0 Å². The number of para-hydroxylation sites is 2. The summed E-state index contributed by atoms with van der Waals surface area (Å²) in [7, 11) is 1.79. The molecule has 29 heavy (non-hydrogen) atoms. The van der Waals surface area contributed by atoms with Crippen LogP contribution in [-0.4, -0.2) is 32.0 Å². The fraction of sp³-hybridized carbons (Fsp3) is 0.227. The van der Waals surface area contributed by atoms with Gasteiger partial charge in [-0.25, -0.2) is 4.79 Å². The highest BCUT2D eigenvalue weighted by molar-refractivity contribution is 8.03. The maximum Gasteiger partial charge on any atom is 0.344 e. The van der Waals surface area contributed by atoms with Crippen molar-refractivity contribution in [3.05, 3.63) is 64.2 Å². The number of hydrogen-bond acceptors (Lipinski definition) is 7. The number of esters is 1. The molecular formula is C22H20N2O4S. The molecule has 0 radical (unpaired) electrons. The van der Waals surface area contributed by atoms with Crippen LogP contribution in [0.25, 0.3) is 0 Å². The molecule has 0 amide bonds. The fourth-order valence-electron chi connectivity index (χ4n) is 2.97. The number of anilines is 1. The van der Waals surface area contributed by atoms with Crippen LogP contribution in [0.5, 0.6) is 5.75 Å². The van der Waals surface area contributed by atoms with E-state index in [-0.39, 0.29) is 12.2 Å². The summed E-state index contributed by atoms with van der Waals surface area (Å²) in [6, 6.07) is 15.3. The molecule has 0 aliphatic carbocycles. The van der Waals surface area contributed by atoms with Crippen LogP contribution in [0, 0.1) is 25.2 Å². The van der Waals surface area contributed by atoms with Crippen LogP contribution in [0.1, 0.15) is 11.1 Å². The Hall–Kier alpha value is -3.24. The number of thioether (sulfide) groups is 1. The molecule has 7 heteroatoms. The Morgan fingerprint density at radius 2 is 1.76 bits per heavy atom. The monoisotopic (exact) mass is 408 g/mol. The highest BCUT2D eigenvalue weighted by Gasteiger charge is 2.28. The molecule has 0 unspecified atom stereocenters. The first-order chi connectivity index (χ1) is 13.9. The Labute approximate surface area is 173 Å². The van der Waals surface area contributed by atoms with E-state index in [1.54, 1.807) is 11.9 Å². The minimum absolute atomic E-state index is 0.0304. The maximum absolute atomic E-state index is 12.5. The lowest BCUT2D eigenvalue weighted by Crippen LogP contribution is -2.22. The number of ketones is 1. The van der Waals surface area contributed by atoms with Crippen molar-refractivity contribution in [1.29, 1.82) is 5.26 Å². The molecule has 0 saturated carbocycles. The molecule has 3 rings (SSSR count).